The monoisotopic (exact) mass is 838 g/mol. The first-order valence-corrected chi connectivity index (χ1v) is 21.4. The normalized spacial score (nSPS) is 18.8. The van der Waals surface area contributed by atoms with Crippen LogP contribution in [0.15, 0.2) is 170 Å². The van der Waals surface area contributed by atoms with Crippen LogP contribution in [0.5, 0.6) is 5.75 Å². The molecule has 0 aliphatic carbocycles. The highest BCUT2D eigenvalue weighted by Gasteiger charge is 2.49. The summed E-state index contributed by atoms with van der Waals surface area (Å²) in [4.78, 5) is 0. The molecule has 6 aromatic carbocycles. The first-order chi connectivity index (χ1) is 30.1. The zero-order valence-electron chi connectivity index (χ0n) is 34.8. The smallest absolute Gasteiger partial charge is 0.119 e. The predicted molar refractivity (Wildman–Crippen MR) is 240 cm³/mol. The zero-order chi connectivity index (χ0) is 42.1. The topological polar surface area (TPSA) is 64.6 Å². The largest absolute Gasteiger partial charge is 0.494 e. The fraction of sp³-hybridized carbons (Fsp3) is 0.283. The second-order valence-electron chi connectivity index (χ2n) is 15.1. The van der Waals surface area contributed by atoms with Gasteiger partial charge in [0, 0.05) is 5.02 Å². The summed E-state index contributed by atoms with van der Waals surface area (Å²) in [6.07, 6.45) is -0.655. The van der Waals surface area contributed by atoms with Crippen molar-refractivity contribution >= 4 is 11.6 Å². The first-order valence-electron chi connectivity index (χ1n) is 21.0. The van der Waals surface area contributed by atoms with E-state index < -0.39 is 30.5 Å². The van der Waals surface area contributed by atoms with E-state index in [1.54, 1.807) is 6.08 Å². The van der Waals surface area contributed by atoms with Crippen molar-refractivity contribution in [3.05, 3.63) is 220 Å². The van der Waals surface area contributed by atoms with Crippen molar-refractivity contribution in [2.24, 2.45) is 0 Å². The highest BCUT2D eigenvalue weighted by Crippen LogP contribution is 2.41. The van der Waals surface area contributed by atoms with Crippen molar-refractivity contribution in [3.63, 3.8) is 0 Å². The molecule has 1 heterocycles. The molecule has 6 aromatic rings. The van der Waals surface area contributed by atoms with Gasteiger partial charge in [-0.25, -0.2) is 0 Å². The van der Waals surface area contributed by atoms with Crippen molar-refractivity contribution in [1.82, 2.24) is 0 Å². The summed E-state index contributed by atoms with van der Waals surface area (Å²) in [7, 11) is 0. The van der Waals surface area contributed by atoms with E-state index in [2.05, 4.69) is 73.3 Å². The molecule has 1 aliphatic heterocycles. The Labute approximate surface area is 365 Å². The molecule has 0 aromatic heterocycles. The van der Waals surface area contributed by atoms with Crippen molar-refractivity contribution in [2.75, 3.05) is 19.8 Å². The molecule has 0 radical (unpaired) electrons. The molecule has 1 aliphatic rings. The van der Waals surface area contributed by atoms with E-state index in [1.807, 2.05) is 97.9 Å². The number of halogens is 1. The van der Waals surface area contributed by atoms with E-state index in [0.29, 0.717) is 51.1 Å². The van der Waals surface area contributed by atoms with Gasteiger partial charge in [-0.15, -0.1) is 6.58 Å². The second kappa shape index (κ2) is 23.2. The molecule has 1 fully saturated rings. The average molecular weight is 839 g/mol. The Morgan fingerprint density at radius 3 is 1.62 bits per heavy atom. The van der Waals surface area contributed by atoms with Gasteiger partial charge >= 0.3 is 0 Å². The fourth-order valence-electron chi connectivity index (χ4n) is 7.59. The van der Waals surface area contributed by atoms with Crippen LogP contribution in [-0.2, 0) is 67.9 Å². The molecule has 5 atom stereocenters. The van der Waals surface area contributed by atoms with Gasteiger partial charge in [0.25, 0.3) is 0 Å². The number of benzene rings is 6. The molecule has 0 saturated carbocycles. The first kappa shape index (κ1) is 44.0. The lowest BCUT2D eigenvalue weighted by Crippen LogP contribution is -2.58. The molecular weight excluding hydrogens is 784 g/mol. The molecule has 1 saturated heterocycles. The standard InChI is InChI=1S/C53H55ClO7/c1-3-29-55-37-45-32-48(54)44(30-39-25-27-46(28-26-39)57-4-2)31-47(45)50-52(59-35-42-21-13-7-14-22-42)53(60-36-43-23-15-8-16-24-43)51(58-34-41-19-11-6-12-20-41)49(61-50)38-56-33-40-17-9-5-10-18-40/h3,5-28,31-32,49-53H,1,4,29-30,33-38H2,2H3/t49-,50+,51-,52+,53+/m1/s1. The van der Waals surface area contributed by atoms with E-state index in [4.69, 9.17) is 44.8 Å². The second-order valence-corrected chi connectivity index (χ2v) is 15.5. The van der Waals surface area contributed by atoms with E-state index in [-0.39, 0.29) is 13.2 Å². The highest BCUT2D eigenvalue weighted by molar-refractivity contribution is 6.31. The SMILES string of the molecule is C=CCOCc1cc(Cl)c(Cc2ccc(OCC)cc2)cc1[C@@H]1O[C@H](COCc2ccccc2)[C@@H](OCc2ccccc2)[C@H](OCc2ccccc2)[C@H]1OCc1ccccc1. The van der Waals surface area contributed by atoms with Crippen LogP contribution in [0.2, 0.25) is 5.02 Å². The summed E-state index contributed by atoms with van der Waals surface area (Å²) >= 11 is 7.15. The molecule has 61 heavy (non-hydrogen) atoms. The number of hydrogen-bond donors (Lipinski definition) is 0. The van der Waals surface area contributed by atoms with Gasteiger partial charge in [-0.2, -0.15) is 0 Å². The Bertz CT molecular complexity index is 2190. The lowest BCUT2D eigenvalue weighted by atomic mass is 9.87. The Morgan fingerprint density at radius 2 is 1.08 bits per heavy atom. The molecule has 0 unspecified atom stereocenters. The van der Waals surface area contributed by atoms with Gasteiger partial charge in [0.2, 0.25) is 0 Å². The Kier molecular flexibility index (Phi) is 16.7. The number of ether oxygens (including phenoxy) is 7. The summed E-state index contributed by atoms with van der Waals surface area (Å²) < 4.78 is 46.8. The van der Waals surface area contributed by atoms with Gasteiger partial charge in [-0.3, -0.25) is 0 Å². The van der Waals surface area contributed by atoms with Crippen LogP contribution in [0.3, 0.4) is 0 Å². The van der Waals surface area contributed by atoms with Gasteiger partial charge < -0.3 is 33.2 Å². The summed E-state index contributed by atoms with van der Waals surface area (Å²) in [6, 6.07) is 53.0. The van der Waals surface area contributed by atoms with Crippen molar-refractivity contribution in [3.8, 4) is 5.75 Å². The van der Waals surface area contributed by atoms with Gasteiger partial charge in [-0.1, -0.05) is 157 Å². The lowest BCUT2D eigenvalue weighted by Gasteiger charge is -2.47. The van der Waals surface area contributed by atoms with Gasteiger partial charge in [0.1, 0.15) is 36.3 Å². The van der Waals surface area contributed by atoms with Crippen molar-refractivity contribution in [2.45, 2.75) is 76.9 Å². The van der Waals surface area contributed by atoms with Crippen LogP contribution in [-0.4, -0.2) is 44.2 Å². The van der Waals surface area contributed by atoms with Crippen LogP contribution in [0.25, 0.3) is 0 Å². The third kappa shape index (κ3) is 12.7. The van der Waals surface area contributed by atoms with E-state index in [9.17, 15) is 0 Å². The molecule has 7 rings (SSSR count). The predicted octanol–water partition coefficient (Wildman–Crippen LogP) is 11.4. The van der Waals surface area contributed by atoms with Crippen LogP contribution >= 0.6 is 11.6 Å². The maximum atomic E-state index is 7.34. The molecule has 316 valence electrons. The molecule has 0 amide bonds. The van der Waals surface area contributed by atoms with E-state index in [1.165, 1.54) is 0 Å². The Balaban J connectivity index is 1.32. The molecule has 8 heteroatoms. The average Bonchev–Trinajstić information content (AvgIpc) is 3.30. The van der Waals surface area contributed by atoms with Gasteiger partial charge in [0.05, 0.1) is 52.9 Å². The van der Waals surface area contributed by atoms with Crippen LogP contribution < -0.4 is 4.74 Å². The molecule has 0 bridgehead atoms. The minimum absolute atomic E-state index is 0.246. The van der Waals surface area contributed by atoms with Crippen molar-refractivity contribution < 1.29 is 33.2 Å². The molecule has 0 spiro atoms. The third-order valence-electron chi connectivity index (χ3n) is 10.6. The molecular formula is C53H55ClO7. The van der Waals surface area contributed by atoms with Gasteiger partial charge in [-0.05, 0) is 76.1 Å². The summed E-state index contributed by atoms with van der Waals surface area (Å²) in [5, 5.41) is 0.635. The third-order valence-corrected chi connectivity index (χ3v) is 11.0. The van der Waals surface area contributed by atoms with E-state index in [0.717, 1.165) is 50.3 Å². The maximum Gasteiger partial charge on any atom is 0.119 e. The minimum atomic E-state index is -0.634. The van der Waals surface area contributed by atoms with Crippen LogP contribution in [0, 0.1) is 0 Å². The Morgan fingerprint density at radius 1 is 0.557 bits per heavy atom. The van der Waals surface area contributed by atoms with E-state index >= 15 is 0 Å². The highest BCUT2D eigenvalue weighted by atomic mass is 35.5. The lowest BCUT2D eigenvalue weighted by molar-refractivity contribution is -0.275. The minimum Gasteiger partial charge on any atom is -0.494 e. The quantitative estimate of drug-likeness (QED) is 0.0498. The zero-order valence-corrected chi connectivity index (χ0v) is 35.5. The molecule has 7 nitrogen and oxygen atoms in total. The summed E-state index contributed by atoms with van der Waals surface area (Å²) in [5.41, 5.74) is 7.99. The number of hydrogen-bond acceptors (Lipinski definition) is 7. The molecule has 0 N–H and O–H groups in total. The van der Waals surface area contributed by atoms with Crippen LogP contribution in [0.1, 0.15) is 57.5 Å². The number of rotatable bonds is 22. The van der Waals surface area contributed by atoms with Gasteiger partial charge in [0.15, 0.2) is 0 Å². The Hall–Kier alpha value is -5.09. The fourth-order valence-corrected chi connectivity index (χ4v) is 7.84. The maximum absolute atomic E-state index is 7.34. The summed E-state index contributed by atoms with van der Waals surface area (Å²) in [6.45, 7) is 8.79. The summed E-state index contributed by atoms with van der Waals surface area (Å²) in [5.74, 6) is 0.827. The van der Waals surface area contributed by atoms with Crippen LogP contribution in [0.4, 0.5) is 0 Å². The van der Waals surface area contributed by atoms with Crippen molar-refractivity contribution in [1.29, 1.82) is 0 Å².